The molecule has 0 radical (unpaired) electrons. The minimum Gasteiger partial charge on any atom is -0.445 e. The van der Waals surface area contributed by atoms with E-state index < -0.39 is 11.6 Å². The topological polar surface area (TPSA) is 50.4 Å². The molecule has 42 heavy (non-hydrogen) atoms. The first-order chi connectivity index (χ1) is 19.5. The molecule has 2 N–H and O–H groups in total. The summed E-state index contributed by atoms with van der Waals surface area (Å²) < 4.78 is 5.98. The summed E-state index contributed by atoms with van der Waals surface area (Å²) in [5.41, 5.74) is 7.94. The third-order valence-electron chi connectivity index (χ3n) is 8.59. The van der Waals surface area contributed by atoms with Gasteiger partial charge in [-0.2, -0.15) is 0 Å². The molecule has 1 fully saturated rings. The van der Waals surface area contributed by atoms with E-state index in [2.05, 4.69) is 107 Å². The molecular formula is C38H50N2O2. The molecule has 1 unspecified atom stereocenters. The van der Waals surface area contributed by atoms with E-state index >= 15 is 0 Å². The molecule has 1 aliphatic heterocycles. The Morgan fingerprint density at radius 1 is 0.786 bits per heavy atom. The quantitative estimate of drug-likeness (QED) is 0.300. The molecule has 0 aliphatic carbocycles. The monoisotopic (exact) mass is 566 g/mol. The summed E-state index contributed by atoms with van der Waals surface area (Å²) >= 11 is 0. The smallest absolute Gasteiger partial charge is 0.408 e. The van der Waals surface area contributed by atoms with E-state index in [0.717, 1.165) is 23.1 Å². The van der Waals surface area contributed by atoms with E-state index in [0.29, 0.717) is 6.54 Å². The summed E-state index contributed by atoms with van der Waals surface area (Å²) in [5.74, 6) is 0.146. The van der Waals surface area contributed by atoms with Crippen molar-refractivity contribution in [2.24, 2.45) is 0 Å². The van der Waals surface area contributed by atoms with Gasteiger partial charge in [0, 0.05) is 24.9 Å². The fourth-order valence-corrected chi connectivity index (χ4v) is 5.79. The third-order valence-corrected chi connectivity index (χ3v) is 8.59. The minimum atomic E-state index is -0.567. The van der Waals surface area contributed by atoms with Crippen LogP contribution in [0, 0.1) is 0 Å². The lowest BCUT2D eigenvalue weighted by Crippen LogP contribution is -2.42. The Balaban J connectivity index is 1.50. The van der Waals surface area contributed by atoms with Crippen molar-refractivity contribution in [2.45, 2.75) is 103 Å². The molecule has 3 aromatic carbocycles. The normalized spacial score (nSPS) is 17.8. The van der Waals surface area contributed by atoms with E-state index in [1.807, 2.05) is 45.0 Å². The maximum atomic E-state index is 13.1. The van der Waals surface area contributed by atoms with Gasteiger partial charge in [-0.05, 0) is 65.0 Å². The first-order valence-electron chi connectivity index (χ1n) is 15.2. The van der Waals surface area contributed by atoms with Gasteiger partial charge in [0.05, 0.1) is 5.54 Å². The van der Waals surface area contributed by atoms with Gasteiger partial charge in [0.15, 0.2) is 0 Å². The maximum Gasteiger partial charge on any atom is 0.408 e. The molecule has 4 heteroatoms. The van der Waals surface area contributed by atoms with Crippen LogP contribution in [0.4, 0.5) is 4.79 Å². The van der Waals surface area contributed by atoms with E-state index in [-0.39, 0.29) is 28.9 Å². The standard InChI is InChI=1S/C38H50N2O2/c1-25(2)26-11-21-31(22-12-26)38(9,10)40-35(41)42-32-23-33(39-24-32)34(27-13-17-29(18-14-27)36(3,4)5)28-15-19-30(20-16-28)37(6,7)8/h11-22,32-34,39H,1,23-24H2,2-10H3,(H,40,41)/t32-,33?/m1/s1. The second-order valence-electron chi connectivity index (χ2n) is 14.6. The predicted molar refractivity (Wildman–Crippen MR) is 176 cm³/mol. The Morgan fingerprint density at radius 2 is 1.24 bits per heavy atom. The summed E-state index contributed by atoms with van der Waals surface area (Å²) in [6.45, 7) is 24.1. The number of carbonyl (C=O) groups is 1. The Hall–Kier alpha value is -3.37. The van der Waals surface area contributed by atoms with Crippen LogP contribution in [-0.4, -0.2) is 24.8 Å². The van der Waals surface area contributed by atoms with Crippen LogP contribution in [0.25, 0.3) is 5.57 Å². The molecule has 0 spiro atoms. The number of nitrogens with one attached hydrogen (secondary N) is 2. The largest absolute Gasteiger partial charge is 0.445 e. The Bertz CT molecular complexity index is 1310. The summed E-state index contributed by atoms with van der Waals surface area (Å²) in [6.07, 6.45) is 0.146. The molecule has 1 aliphatic rings. The van der Waals surface area contributed by atoms with Crippen LogP contribution in [0.3, 0.4) is 0 Å². The number of amides is 1. The SMILES string of the molecule is C=C(C)c1ccc(C(C)(C)NC(=O)O[C@H]2CNC(C(c3ccc(C(C)(C)C)cc3)c3ccc(C(C)(C)C)cc3)C2)cc1. The van der Waals surface area contributed by atoms with Crippen LogP contribution in [0.2, 0.25) is 0 Å². The highest BCUT2D eigenvalue weighted by molar-refractivity contribution is 5.69. The van der Waals surface area contributed by atoms with Crippen molar-refractivity contribution in [3.8, 4) is 0 Å². The second kappa shape index (κ2) is 12.1. The zero-order valence-electron chi connectivity index (χ0n) is 27.1. The average molecular weight is 567 g/mol. The molecule has 3 aromatic rings. The molecule has 0 bridgehead atoms. The van der Waals surface area contributed by atoms with Crippen molar-refractivity contribution < 1.29 is 9.53 Å². The van der Waals surface area contributed by atoms with Gasteiger partial charge in [-0.25, -0.2) is 4.79 Å². The number of rotatable bonds is 7. The lowest BCUT2D eigenvalue weighted by atomic mass is 9.80. The van der Waals surface area contributed by atoms with Crippen molar-refractivity contribution in [3.05, 3.63) is 113 Å². The fourth-order valence-electron chi connectivity index (χ4n) is 5.79. The molecule has 224 valence electrons. The van der Waals surface area contributed by atoms with Crippen LogP contribution < -0.4 is 10.6 Å². The highest BCUT2D eigenvalue weighted by Crippen LogP contribution is 2.35. The molecule has 1 heterocycles. The third kappa shape index (κ3) is 7.52. The molecule has 1 amide bonds. The van der Waals surface area contributed by atoms with Crippen molar-refractivity contribution in [3.63, 3.8) is 0 Å². The van der Waals surface area contributed by atoms with Gasteiger partial charge in [0.2, 0.25) is 0 Å². The lowest BCUT2D eigenvalue weighted by Gasteiger charge is -2.28. The van der Waals surface area contributed by atoms with Crippen molar-refractivity contribution >= 4 is 11.7 Å². The molecule has 4 nitrogen and oxygen atoms in total. The van der Waals surface area contributed by atoms with Gasteiger partial charge in [-0.15, -0.1) is 0 Å². The summed E-state index contributed by atoms with van der Waals surface area (Å²) in [5, 5.41) is 6.78. The fraction of sp³-hybridized carbons (Fsp3) is 0.447. The number of carbonyl (C=O) groups excluding carboxylic acids is 1. The molecular weight excluding hydrogens is 516 g/mol. The molecule has 1 saturated heterocycles. The number of hydrogen-bond donors (Lipinski definition) is 2. The van der Waals surface area contributed by atoms with E-state index in [1.54, 1.807) is 0 Å². The Kier molecular flexibility index (Phi) is 9.08. The zero-order valence-corrected chi connectivity index (χ0v) is 27.1. The van der Waals surface area contributed by atoms with Crippen LogP contribution in [0.15, 0.2) is 79.4 Å². The lowest BCUT2D eigenvalue weighted by molar-refractivity contribution is 0.0975. The van der Waals surface area contributed by atoms with Gasteiger partial charge in [-0.1, -0.05) is 126 Å². The van der Waals surface area contributed by atoms with Crippen LogP contribution in [-0.2, 0) is 21.1 Å². The summed E-state index contributed by atoms with van der Waals surface area (Å²) in [6, 6.07) is 26.4. The number of allylic oxidation sites excluding steroid dienone is 1. The first-order valence-corrected chi connectivity index (χ1v) is 15.2. The number of alkyl carbamates (subject to hydrolysis) is 1. The van der Waals surface area contributed by atoms with Gasteiger partial charge in [0.25, 0.3) is 0 Å². The van der Waals surface area contributed by atoms with Crippen LogP contribution >= 0.6 is 0 Å². The highest BCUT2D eigenvalue weighted by atomic mass is 16.6. The van der Waals surface area contributed by atoms with Crippen molar-refractivity contribution in [2.75, 3.05) is 6.54 Å². The Morgan fingerprint density at radius 3 is 1.67 bits per heavy atom. The maximum absolute atomic E-state index is 13.1. The van der Waals surface area contributed by atoms with Crippen molar-refractivity contribution in [1.82, 2.24) is 10.6 Å². The highest BCUT2D eigenvalue weighted by Gasteiger charge is 2.35. The number of ether oxygens (including phenoxy) is 1. The zero-order chi connectivity index (χ0) is 30.9. The van der Waals surface area contributed by atoms with E-state index in [9.17, 15) is 4.79 Å². The van der Waals surface area contributed by atoms with Gasteiger partial charge >= 0.3 is 6.09 Å². The second-order valence-corrected chi connectivity index (χ2v) is 14.6. The molecule has 0 saturated carbocycles. The van der Waals surface area contributed by atoms with Crippen LogP contribution in [0.1, 0.15) is 108 Å². The van der Waals surface area contributed by atoms with Gasteiger partial charge in [0.1, 0.15) is 6.10 Å². The number of hydrogen-bond acceptors (Lipinski definition) is 3. The molecule has 2 atom stereocenters. The first kappa shape index (κ1) is 31.6. The van der Waals surface area contributed by atoms with E-state index in [4.69, 9.17) is 4.74 Å². The summed E-state index contributed by atoms with van der Waals surface area (Å²) in [7, 11) is 0. The minimum absolute atomic E-state index is 0.0979. The average Bonchev–Trinajstić information content (AvgIpc) is 3.35. The van der Waals surface area contributed by atoms with Gasteiger partial charge < -0.3 is 15.4 Å². The molecule has 4 rings (SSSR count). The summed E-state index contributed by atoms with van der Waals surface area (Å²) in [4.78, 5) is 13.1. The number of benzene rings is 3. The Labute approximate surface area is 254 Å². The predicted octanol–water partition coefficient (Wildman–Crippen LogP) is 8.84. The molecule has 0 aromatic heterocycles. The van der Waals surface area contributed by atoms with E-state index in [1.165, 1.54) is 22.3 Å². The van der Waals surface area contributed by atoms with Gasteiger partial charge in [-0.3, -0.25) is 0 Å². The van der Waals surface area contributed by atoms with Crippen molar-refractivity contribution in [1.29, 1.82) is 0 Å². The van der Waals surface area contributed by atoms with Crippen LogP contribution in [0.5, 0.6) is 0 Å².